The number of carbonyl (C=O) groups excluding carboxylic acids is 1. The highest BCUT2D eigenvalue weighted by Gasteiger charge is 2.07. The van der Waals surface area contributed by atoms with Crippen LogP contribution in [0.15, 0.2) is 95.8 Å². The quantitative estimate of drug-likeness (QED) is 0.415. The first-order chi connectivity index (χ1) is 16.6. The van der Waals surface area contributed by atoms with Gasteiger partial charge < -0.3 is 14.8 Å². The number of ether oxygens (including phenoxy) is 2. The lowest BCUT2D eigenvalue weighted by Gasteiger charge is -2.10. The molecule has 1 heterocycles. The van der Waals surface area contributed by atoms with Crippen LogP contribution in [0.25, 0.3) is 22.4 Å². The molecule has 7 nitrogen and oxygen atoms in total. The fourth-order valence-electron chi connectivity index (χ4n) is 3.42. The molecule has 4 rings (SSSR count). The summed E-state index contributed by atoms with van der Waals surface area (Å²) < 4.78 is 12.2. The maximum Gasteiger partial charge on any atom is 0.266 e. The van der Waals surface area contributed by atoms with Crippen molar-refractivity contribution in [1.29, 1.82) is 0 Å². The molecule has 4 aromatic rings. The van der Waals surface area contributed by atoms with Crippen molar-refractivity contribution >= 4 is 5.91 Å². The summed E-state index contributed by atoms with van der Waals surface area (Å²) in [5.74, 6) is 1.04. The van der Waals surface area contributed by atoms with E-state index in [1.807, 2.05) is 78.9 Å². The van der Waals surface area contributed by atoms with E-state index in [1.165, 1.54) is 10.7 Å². The zero-order chi connectivity index (χ0) is 23.8. The van der Waals surface area contributed by atoms with Gasteiger partial charge in [0.05, 0.1) is 19.3 Å². The van der Waals surface area contributed by atoms with E-state index in [4.69, 9.17) is 9.47 Å². The summed E-state index contributed by atoms with van der Waals surface area (Å²) in [6.07, 6.45) is 0. The van der Waals surface area contributed by atoms with Crippen molar-refractivity contribution < 1.29 is 14.3 Å². The number of nitrogens with one attached hydrogen (secondary N) is 1. The highest BCUT2D eigenvalue weighted by Crippen LogP contribution is 2.22. The van der Waals surface area contributed by atoms with Crippen molar-refractivity contribution in [1.82, 2.24) is 15.1 Å². The Hall–Kier alpha value is -4.39. The van der Waals surface area contributed by atoms with Crippen molar-refractivity contribution in [3.63, 3.8) is 0 Å². The van der Waals surface area contributed by atoms with Crippen LogP contribution in [0.3, 0.4) is 0 Å². The first-order valence-electron chi connectivity index (χ1n) is 10.9. The zero-order valence-electron chi connectivity index (χ0n) is 18.8. The van der Waals surface area contributed by atoms with Gasteiger partial charge in [0, 0.05) is 18.2 Å². The molecular formula is C27H25N3O4. The predicted molar refractivity (Wildman–Crippen MR) is 131 cm³/mol. The first kappa shape index (κ1) is 22.8. The lowest BCUT2D eigenvalue weighted by molar-refractivity contribution is -0.123. The van der Waals surface area contributed by atoms with Gasteiger partial charge in [-0.15, -0.1) is 0 Å². The van der Waals surface area contributed by atoms with Gasteiger partial charge in [-0.25, -0.2) is 4.68 Å². The van der Waals surface area contributed by atoms with Gasteiger partial charge in [0.2, 0.25) is 0 Å². The van der Waals surface area contributed by atoms with Gasteiger partial charge in [-0.05, 0) is 41.5 Å². The fourth-order valence-corrected chi connectivity index (χ4v) is 3.42. The molecule has 1 N–H and O–H groups in total. The van der Waals surface area contributed by atoms with Crippen LogP contribution >= 0.6 is 0 Å². The first-order valence-corrected chi connectivity index (χ1v) is 10.9. The normalized spacial score (nSPS) is 10.5. The topological polar surface area (TPSA) is 82.5 Å². The number of benzene rings is 3. The van der Waals surface area contributed by atoms with Gasteiger partial charge in [-0.2, -0.15) is 5.10 Å². The second-order valence-electron chi connectivity index (χ2n) is 7.54. The molecule has 34 heavy (non-hydrogen) atoms. The van der Waals surface area contributed by atoms with Crippen LogP contribution in [0, 0.1) is 0 Å². The minimum Gasteiger partial charge on any atom is -0.497 e. The maximum atomic E-state index is 12.2. The second kappa shape index (κ2) is 11.0. The molecule has 0 aliphatic heterocycles. The van der Waals surface area contributed by atoms with Crippen molar-refractivity contribution in [2.75, 3.05) is 20.3 Å². The Morgan fingerprint density at radius 2 is 1.59 bits per heavy atom. The monoisotopic (exact) mass is 455 g/mol. The number of methoxy groups -OCH3 is 1. The zero-order valence-corrected chi connectivity index (χ0v) is 18.8. The molecule has 1 amide bonds. The molecule has 0 fully saturated rings. The summed E-state index contributed by atoms with van der Waals surface area (Å²) in [7, 11) is 1.60. The highest BCUT2D eigenvalue weighted by atomic mass is 16.5. The summed E-state index contributed by atoms with van der Waals surface area (Å²) >= 11 is 0. The Kier molecular flexibility index (Phi) is 7.35. The third-order valence-corrected chi connectivity index (χ3v) is 5.21. The van der Waals surface area contributed by atoms with Crippen molar-refractivity contribution in [2.45, 2.75) is 6.54 Å². The molecule has 3 aromatic carbocycles. The van der Waals surface area contributed by atoms with E-state index in [2.05, 4.69) is 10.4 Å². The van der Waals surface area contributed by atoms with E-state index >= 15 is 0 Å². The number of hydrogen-bond donors (Lipinski definition) is 1. The summed E-state index contributed by atoms with van der Waals surface area (Å²) in [6.45, 7) is 0.384. The molecule has 0 radical (unpaired) electrons. The summed E-state index contributed by atoms with van der Waals surface area (Å²) in [6, 6.07) is 28.2. The summed E-state index contributed by atoms with van der Waals surface area (Å²) in [5, 5.41) is 7.17. The molecule has 0 spiro atoms. The lowest BCUT2D eigenvalue weighted by atomic mass is 10.1. The van der Waals surface area contributed by atoms with Crippen LogP contribution < -0.4 is 20.3 Å². The Morgan fingerprint density at radius 1 is 0.853 bits per heavy atom. The number of rotatable bonds is 9. The van der Waals surface area contributed by atoms with E-state index in [0.29, 0.717) is 17.2 Å². The lowest BCUT2D eigenvalue weighted by Crippen LogP contribution is -2.34. The number of nitrogens with zero attached hydrogens (tertiary/aromatic N) is 2. The van der Waals surface area contributed by atoms with E-state index in [-0.39, 0.29) is 31.2 Å². The minimum atomic E-state index is -0.274. The summed E-state index contributed by atoms with van der Waals surface area (Å²) in [5.41, 5.74) is 3.43. The molecule has 0 bridgehead atoms. The van der Waals surface area contributed by atoms with Crippen molar-refractivity contribution in [2.24, 2.45) is 0 Å². The summed E-state index contributed by atoms with van der Waals surface area (Å²) in [4.78, 5) is 24.4. The van der Waals surface area contributed by atoms with E-state index in [0.717, 1.165) is 16.7 Å². The largest absolute Gasteiger partial charge is 0.497 e. The SMILES string of the molecule is COc1cccc(-c2ccc(=O)n(CCNC(=O)COc3ccc(-c4ccccc4)cc3)n2)c1. The highest BCUT2D eigenvalue weighted by molar-refractivity contribution is 5.77. The van der Waals surface area contributed by atoms with Gasteiger partial charge in [-0.3, -0.25) is 9.59 Å². The standard InChI is InChI=1S/C27H25N3O4/c1-33-24-9-5-8-22(18-24)25-14-15-27(32)30(29-25)17-16-28-26(31)19-34-23-12-10-21(11-13-23)20-6-3-2-4-7-20/h2-15,18H,16-17,19H2,1H3,(H,28,31). The Morgan fingerprint density at radius 3 is 2.35 bits per heavy atom. The average Bonchev–Trinajstić information content (AvgIpc) is 2.89. The predicted octanol–water partition coefficient (Wildman–Crippen LogP) is 3.78. The van der Waals surface area contributed by atoms with Crippen molar-refractivity contribution in [3.8, 4) is 33.9 Å². The molecule has 0 atom stereocenters. The second-order valence-corrected chi connectivity index (χ2v) is 7.54. The third kappa shape index (κ3) is 5.89. The number of hydrogen-bond acceptors (Lipinski definition) is 5. The smallest absolute Gasteiger partial charge is 0.266 e. The third-order valence-electron chi connectivity index (χ3n) is 5.21. The Labute approximate surface area is 197 Å². The molecule has 0 aliphatic carbocycles. The van der Waals surface area contributed by atoms with Crippen LogP contribution in [0.5, 0.6) is 11.5 Å². The van der Waals surface area contributed by atoms with Crippen LogP contribution in [-0.4, -0.2) is 35.9 Å². The van der Waals surface area contributed by atoms with E-state index < -0.39 is 0 Å². The van der Waals surface area contributed by atoms with Gasteiger partial charge >= 0.3 is 0 Å². The molecule has 7 heteroatoms. The molecule has 1 aromatic heterocycles. The van der Waals surface area contributed by atoms with Gasteiger partial charge in [0.15, 0.2) is 6.61 Å². The van der Waals surface area contributed by atoms with Gasteiger partial charge in [0.1, 0.15) is 11.5 Å². The number of amides is 1. The van der Waals surface area contributed by atoms with Crippen LogP contribution in [0.2, 0.25) is 0 Å². The minimum absolute atomic E-state index is 0.114. The maximum absolute atomic E-state index is 12.2. The van der Waals surface area contributed by atoms with Crippen LogP contribution in [0.4, 0.5) is 0 Å². The molecular weight excluding hydrogens is 430 g/mol. The molecule has 172 valence electrons. The van der Waals surface area contributed by atoms with Crippen LogP contribution in [-0.2, 0) is 11.3 Å². The van der Waals surface area contributed by atoms with E-state index in [9.17, 15) is 9.59 Å². The Balaban J connectivity index is 1.28. The Bertz CT molecular complexity index is 1300. The fraction of sp³-hybridized carbons (Fsp3) is 0.148. The number of carbonyl (C=O) groups is 1. The van der Waals surface area contributed by atoms with Gasteiger partial charge in [0.25, 0.3) is 11.5 Å². The van der Waals surface area contributed by atoms with Gasteiger partial charge in [-0.1, -0.05) is 54.6 Å². The molecule has 0 aliphatic rings. The molecule has 0 saturated heterocycles. The number of aromatic nitrogens is 2. The van der Waals surface area contributed by atoms with Crippen molar-refractivity contribution in [3.05, 3.63) is 101 Å². The van der Waals surface area contributed by atoms with E-state index in [1.54, 1.807) is 13.2 Å². The van der Waals surface area contributed by atoms with Crippen LogP contribution in [0.1, 0.15) is 0 Å². The average molecular weight is 456 g/mol. The molecule has 0 saturated carbocycles. The molecule has 0 unspecified atom stereocenters.